The summed E-state index contributed by atoms with van der Waals surface area (Å²) in [6.07, 6.45) is 2.52. The van der Waals surface area contributed by atoms with Crippen molar-refractivity contribution < 1.29 is 0 Å². The molecule has 1 aromatic heterocycles. The Labute approximate surface area is 98.7 Å². The highest BCUT2D eigenvalue weighted by Gasteiger charge is 2.25. The number of hydrogen-bond acceptors (Lipinski definition) is 4. The van der Waals surface area contributed by atoms with E-state index in [2.05, 4.69) is 17.2 Å². The van der Waals surface area contributed by atoms with Gasteiger partial charge in [0.25, 0.3) is 0 Å². The first kappa shape index (κ1) is 9.90. The maximum Gasteiger partial charge on any atom is 0.184 e. The summed E-state index contributed by atoms with van der Waals surface area (Å²) in [6.45, 7) is 2.29. The molecule has 1 saturated carbocycles. The van der Waals surface area contributed by atoms with Gasteiger partial charge in [-0.3, -0.25) is 0 Å². The molecule has 4 heteroatoms. The van der Waals surface area contributed by atoms with Crippen molar-refractivity contribution in [1.82, 2.24) is 4.98 Å². The highest BCUT2D eigenvalue weighted by molar-refractivity contribution is 7.22. The molecule has 1 aliphatic carbocycles. The van der Waals surface area contributed by atoms with Crippen molar-refractivity contribution in [1.29, 1.82) is 0 Å². The number of hydrogen-bond donors (Lipinski definition) is 2. The Kier molecular flexibility index (Phi) is 2.24. The summed E-state index contributed by atoms with van der Waals surface area (Å²) in [5, 5.41) is 4.51. The molecule has 3 rings (SSSR count). The summed E-state index contributed by atoms with van der Waals surface area (Å²) < 4.78 is 1.16. The molecule has 3 nitrogen and oxygen atoms in total. The summed E-state index contributed by atoms with van der Waals surface area (Å²) in [4.78, 5) is 4.55. The molecular formula is C12H15N3S. The number of rotatable bonds is 2. The van der Waals surface area contributed by atoms with E-state index in [1.54, 1.807) is 11.3 Å². The molecule has 84 valence electrons. The summed E-state index contributed by atoms with van der Waals surface area (Å²) in [5.41, 5.74) is 7.59. The van der Waals surface area contributed by atoms with Gasteiger partial charge in [-0.25, -0.2) is 4.98 Å². The fourth-order valence-corrected chi connectivity index (χ4v) is 3.19. The van der Waals surface area contributed by atoms with Crippen LogP contribution in [0.5, 0.6) is 0 Å². The lowest BCUT2D eigenvalue weighted by atomic mass is 9.82. The Hall–Kier alpha value is -1.29. The third-order valence-electron chi connectivity index (χ3n) is 3.11. The number of anilines is 2. The minimum atomic E-state index is 0.618. The van der Waals surface area contributed by atoms with Gasteiger partial charge < -0.3 is 11.1 Å². The van der Waals surface area contributed by atoms with Gasteiger partial charge in [-0.1, -0.05) is 18.3 Å². The summed E-state index contributed by atoms with van der Waals surface area (Å²) >= 11 is 1.69. The number of thiazole rings is 1. The van der Waals surface area contributed by atoms with E-state index in [0.29, 0.717) is 6.04 Å². The Morgan fingerprint density at radius 2 is 2.25 bits per heavy atom. The smallest absolute Gasteiger partial charge is 0.184 e. The van der Waals surface area contributed by atoms with Crippen LogP contribution in [-0.4, -0.2) is 11.0 Å². The zero-order valence-electron chi connectivity index (χ0n) is 9.23. The van der Waals surface area contributed by atoms with Crippen LogP contribution in [0, 0.1) is 5.92 Å². The van der Waals surface area contributed by atoms with Gasteiger partial charge in [0.05, 0.1) is 10.2 Å². The molecule has 1 aliphatic rings. The lowest BCUT2D eigenvalue weighted by Crippen LogP contribution is -2.33. The van der Waals surface area contributed by atoms with Crippen molar-refractivity contribution in [3.05, 3.63) is 18.2 Å². The van der Waals surface area contributed by atoms with Crippen LogP contribution < -0.4 is 11.1 Å². The number of benzene rings is 1. The first-order chi connectivity index (χ1) is 7.70. The van der Waals surface area contributed by atoms with Crippen LogP contribution in [-0.2, 0) is 0 Å². The van der Waals surface area contributed by atoms with Crippen LogP contribution in [0.3, 0.4) is 0 Å². The average Bonchev–Trinajstić information content (AvgIpc) is 2.57. The van der Waals surface area contributed by atoms with Gasteiger partial charge in [0.15, 0.2) is 5.13 Å². The van der Waals surface area contributed by atoms with E-state index in [1.807, 2.05) is 18.2 Å². The predicted octanol–water partition coefficient (Wildman–Crippen LogP) is 3.09. The van der Waals surface area contributed by atoms with Gasteiger partial charge in [0.1, 0.15) is 0 Å². The number of nitrogen functional groups attached to an aromatic ring is 1. The van der Waals surface area contributed by atoms with E-state index in [0.717, 1.165) is 27.0 Å². The molecule has 3 N–H and O–H groups in total. The molecule has 16 heavy (non-hydrogen) atoms. The van der Waals surface area contributed by atoms with E-state index in [4.69, 9.17) is 5.73 Å². The molecule has 0 radical (unpaired) electrons. The van der Waals surface area contributed by atoms with Crippen LogP contribution in [0.2, 0.25) is 0 Å². The summed E-state index contributed by atoms with van der Waals surface area (Å²) in [6, 6.07) is 6.49. The number of nitrogens with zero attached hydrogens (tertiary/aromatic N) is 1. The predicted molar refractivity (Wildman–Crippen MR) is 69.8 cm³/mol. The highest BCUT2D eigenvalue weighted by atomic mass is 32.1. The summed E-state index contributed by atoms with van der Waals surface area (Å²) in [7, 11) is 0. The Bertz CT molecular complexity index is 514. The van der Waals surface area contributed by atoms with Gasteiger partial charge in [-0.2, -0.15) is 0 Å². The fraction of sp³-hybridized carbons (Fsp3) is 0.417. The maximum absolute atomic E-state index is 5.75. The second-order valence-corrected chi connectivity index (χ2v) is 5.69. The molecule has 0 spiro atoms. The van der Waals surface area contributed by atoms with Gasteiger partial charge in [-0.05, 0) is 37.0 Å². The Balaban J connectivity index is 1.82. The molecule has 0 bridgehead atoms. The molecule has 0 unspecified atom stereocenters. The second kappa shape index (κ2) is 3.63. The number of fused-ring (bicyclic) bond motifs is 1. The minimum absolute atomic E-state index is 0.618. The van der Waals surface area contributed by atoms with Crippen molar-refractivity contribution in [3.63, 3.8) is 0 Å². The van der Waals surface area contributed by atoms with Crippen molar-refractivity contribution in [3.8, 4) is 0 Å². The number of nitrogens with two attached hydrogens (primary N) is 1. The van der Waals surface area contributed by atoms with Gasteiger partial charge in [0, 0.05) is 11.7 Å². The lowest BCUT2D eigenvalue weighted by Gasteiger charge is -2.33. The first-order valence-corrected chi connectivity index (χ1v) is 6.45. The monoisotopic (exact) mass is 233 g/mol. The molecule has 1 fully saturated rings. The molecule has 0 atom stereocenters. The zero-order chi connectivity index (χ0) is 11.1. The number of aromatic nitrogens is 1. The second-order valence-electron chi connectivity index (χ2n) is 4.66. The Morgan fingerprint density at radius 3 is 3.00 bits per heavy atom. The maximum atomic E-state index is 5.75. The van der Waals surface area contributed by atoms with Gasteiger partial charge >= 0.3 is 0 Å². The van der Waals surface area contributed by atoms with Gasteiger partial charge in [0.2, 0.25) is 0 Å². The quantitative estimate of drug-likeness (QED) is 0.784. The summed E-state index contributed by atoms with van der Waals surface area (Å²) in [5.74, 6) is 0.863. The van der Waals surface area contributed by atoms with Crippen molar-refractivity contribution in [2.45, 2.75) is 25.8 Å². The normalized spacial score (nSPS) is 24.3. The molecule has 1 aromatic carbocycles. The number of nitrogens with one attached hydrogen (secondary N) is 1. The third kappa shape index (κ3) is 1.73. The van der Waals surface area contributed by atoms with Gasteiger partial charge in [-0.15, -0.1) is 0 Å². The molecular weight excluding hydrogens is 218 g/mol. The fourth-order valence-electron chi connectivity index (χ4n) is 2.20. The van der Waals surface area contributed by atoms with Crippen molar-refractivity contribution in [2.75, 3.05) is 11.1 Å². The molecule has 0 amide bonds. The molecule has 2 aromatic rings. The van der Waals surface area contributed by atoms with Crippen LogP contribution in [0.1, 0.15) is 19.8 Å². The first-order valence-electron chi connectivity index (χ1n) is 5.63. The minimum Gasteiger partial charge on any atom is -0.399 e. The van der Waals surface area contributed by atoms with E-state index in [9.17, 15) is 0 Å². The van der Waals surface area contributed by atoms with Crippen molar-refractivity contribution >= 4 is 32.4 Å². The SMILES string of the molecule is CC1CC(Nc2nc3ccc(N)cc3s2)C1. The van der Waals surface area contributed by atoms with Crippen LogP contribution in [0.4, 0.5) is 10.8 Å². The topological polar surface area (TPSA) is 50.9 Å². The van der Waals surface area contributed by atoms with Crippen LogP contribution in [0.15, 0.2) is 18.2 Å². The van der Waals surface area contributed by atoms with E-state index in [-0.39, 0.29) is 0 Å². The molecule has 1 heterocycles. The third-order valence-corrected chi connectivity index (χ3v) is 4.06. The zero-order valence-corrected chi connectivity index (χ0v) is 10.1. The van der Waals surface area contributed by atoms with E-state index in [1.165, 1.54) is 12.8 Å². The molecule has 0 aliphatic heterocycles. The van der Waals surface area contributed by atoms with E-state index >= 15 is 0 Å². The standard InChI is InChI=1S/C12H15N3S/c1-7-4-9(5-7)14-12-15-10-3-2-8(13)6-11(10)16-12/h2-3,6-7,9H,4-5,13H2,1H3,(H,14,15). The lowest BCUT2D eigenvalue weighted by molar-refractivity contribution is 0.309. The largest absolute Gasteiger partial charge is 0.399 e. The highest BCUT2D eigenvalue weighted by Crippen LogP contribution is 2.33. The van der Waals surface area contributed by atoms with Crippen LogP contribution >= 0.6 is 11.3 Å². The molecule has 0 saturated heterocycles. The average molecular weight is 233 g/mol. The van der Waals surface area contributed by atoms with Crippen LogP contribution in [0.25, 0.3) is 10.2 Å². The van der Waals surface area contributed by atoms with E-state index < -0.39 is 0 Å². The Morgan fingerprint density at radius 1 is 1.44 bits per heavy atom. The van der Waals surface area contributed by atoms with Crippen molar-refractivity contribution in [2.24, 2.45) is 5.92 Å².